The molecule has 0 unspecified atom stereocenters. The Morgan fingerprint density at radius 3 is 2.57 bits per heavy atom. The third-order valence-electron chi connectivity index (χ3n) is 1.67. The molecule has 0 saturated heterocycles. The van der Waals surface area contributed by atoms with Crippen molar-refractivity contribution in [3.8, 4) is 0 Å². The quantitative estimate of drug-likeness (QED) is 0.737. The predicted octanol–water partition coefficient (Wildman–Crippen LogP) is 2.57. The molecule has 1 aromatic heterocycles. The molecular weight excluding hydrogens is 214 g/mol. The van der Waals surface area contributed by atoms with E-state index in [1.54, 1.807) is 13.8 Å². The number of ketones is 1. The Balaban J connectivity index is 3.17. The molecular formula is C8H9ClF2N2O. The van der Waals surface area contributed by atoms with Crippen molar-refractivity contribution < 1.29 is 13.6 Å². The fourth-order valence-corrected chi connectivity index (χ4v) is 1.29. The molecule has 1 rings (SSSR count). The minimum Gasteiger partial charge on any atom is -0.286 e. The summed E-state index contributed by atoms with van der Waals surface area (Å²) in [5.74, 6) is -1.29. The number of hydrogen-bond acceptors (Lipinski definition) is 2. The van der Waals surface area contributed by atoms with E-state index in [4.69, 9.17) is 11.6 Å². The van der Waals surface area contributed by atoms with Crippen molar-refractivity contribution in [3.63, 3.8) is 0 Å². The molecule has 0 spiro atoms. The van der Waals surface area contributed by atoms with Crippen LogP contribution in [0.15, 0.2) is 6.20 Å². The number of carbonyl (C=O) groups is 1. The fourth-order valence-electron chi connectivity index (χ4n) is 1.07. The average molecular weight is 223 g/mol. The summed E-state index contributed by atoms with van der Waals surface area (Å²) in [5, 5.41) is 3.71. The Morgan fingerprint density at radius 2 is 2.14 bits per heavy atom. The number of Topliss-reactive ketones (excluding diaryl/α,β-unsaturated/α-hetero) is 1. The maximum absolute atomic E-state index is 12.2. The molecule has 3 nitrogen and oxygen atoms in total. The van der Waals surface area contributed by atoms with Crippen molar-refractivity contribution in [2.24, 2.45) is 0 Å². The van der Waals surface area contributed by atoms with Crippen LogP contribution in [-0.2, 0) is 0 Å². The lowest BCUT2D eigenvalue weighted by molar-refractivity contribution is 0.0665. The van der Waals surface area contributed by atoms with Crippen LogP contribution in [0.1, 0.15) is 30.4 Å². The van der Waals surface area contributed by atoms with Crippen molar-refractivity contribution in [1.29, 1.82) is 0 Å². The number of alkyl halides is 2. The second kappa shape index (κ2) is 4.04. The highest BCUT2D eigenvalue weighted by atomic mass is 35.5. The second-order valence-corrected chi connectivity index (χ2v) is 3.45. The first-order valence-electron chi connectivity index (χ1n) is 4.00. The number of halogens is 3. The van der Waals surface area contributed by atoms with Crippen LogP contribution in [0.4, 0.5) is 8.78 Å². The van der Waals surface area contributed by atoms with Crippen molar-refractivity contribution in [3.05, 3.63) is 16.9 Å². The molecule has 0 radical (unpaired) electrons. The molecule has 0 aliphatic heterocycles. The van der Waals surface area contributed by atoms with E-state index in [0.29, 0.717) is 0 Å². The van der Waals surface area contributed by atoms with Crippen LogP contribution in [-0.4, -0.2) is 22.0 Å². The zero-order chi connectivity index (χ0) is 10.9. The highest BCUT2D eigenvalue weighted by molar-refractivity contribution is 6.33. The standard InChI is InChI=1S/C8H9ClF2N2O/c1-4(2)13-6(5(9)3-12-13)7(14)8(10)11/h3-4,8H,1-2H3. The first-order valence-corrected chi connectivity index (χ1v) is 4.38. The summed E-state index contributed by atoms with van der Waals surface area (Å²) in [7, 11) is 0. The van der Waals surface area contributed by atoms with Crippen molar-refractivity contribution in [1.82, 2.24) is 9.78 Å². The van der Waals surface area contributed by atoms with Gasteiger partial charge in [-0.15, -0.1) is 0 Å². The van der Waals surface area contributed by atoms with Gasteiger partial charge in [-0.25, -0.2) is 8.78 Å². The van der Waals surface area contributed by atoms with Gasteiger partial charge in [-0.05, 0) is 13.8 Å². The third-order valence-corrected chi connectivity index (χ3v) is 1.95. The van der Waals surface area contributed by atoms with Crippen LogP contribution in [0, 0.1) is 0 Å². The van der Waals surface area contributed by atoms with Crippen LogP contribution < -0.4 is 0 Å². The van der Waals surface area contributed by atoms with Crippen LogP contribution in [0.3, 0.4) is 0 Å². The van der Waals surface area contributed by atoms with Gasteiger partial charge < -0.3 is 0 Å². The Kier molecular flexibility index (Phi) is 3.21. The molecule has 0 amide bonds. The van der Waals surface area contributed by atoms with Crippen LogP contribution in [0.5, 0.6) is 0 Å². The van der Waals surface area contributed by atoms with Gasteiger partial charge in [0.1, 0.15) is 5.69 Å². The minimum atomic E-state index is -3.05. The molecule has 0 fully saturated rings. The van der Waals surface area contributed by atoms with Gasteiger partial charge >= 0.3 is 6.43 Å². The minimum absolute atomic E-state index is 0.0380. The normalized spacial score (nSPS) is 11.4. The second-order valence-electron chi connectivity index (χ2n) is 3.04. The summed E-state index contributed by atoms with van der Waals surface area (Å²) < 4.78 is 25.5. The van der Waals surface area contributed by atoms with Gasteiger partial charge in [-0.2, -0.15) is 5.10 Å². The summed E-state index contributed by atoms with van der Waals surface area (Å²) in [6.07, 6.45) is -1.86. The van der Waals surface area contributed by atoms with E-state index in [2.05, 4.69) is 5.10 Å². The molecule has 0 atom stereocenters. The third kappa shape index (κ3) is 1.92. The molecule has 6 heteroatoms. The molecule has 14 heavy (non-hydrogen) atoms. The molecule has 0 bridgehead atoms. The van der Waals surface area contributed by atoms with E-state index < -0.39 is 12.2 Å². The topological polar surface area (TPSA) is 34.9 Å². The van der Waals surface area contributed by atoms with E-state index in [1.807, 2.05) is 0 Å². The van der Waals surface area contributed by atoms with Crippen molar-refractivity contribution in [2.75, 3.05) is 0 Å². The predicted molar refractivity (Wildman–Crippen MR) is 48.0 cm³/mol. The summed E-state index contributed by atoms with van der Waals surface area (Å²) >= 11 is 5.59. The van der Waals surface area contributed by atoms with Gasteiger partial charge in [-0.3, -0.25) is 9.48 Å². The van der Waals surface area contributed by atoms with Gasteiger partial charge in [0.05, 0.1) is 11.2 Å². The van der Waals surface area contributed by atoms with Crippen molar-refractivity contribution in [2.45, 2.75) is 26.3 Å². The largest absolute Gasteiger partial charge is 0.302 e. The Hall–Kier alpha value is -0.970. The fraction of sp³-hybridized carbons (Fsp3) is 0.500. The van der Waals surface area contributed by atoms with Crippen LogP contribution in [0.2, 0.25) is 5.02 Å². The summed E-state index contributed by atoms with van der Waals surface area (Å²) in [6, 6.07) is -0.180. The molecule has 0 N–H and O–H groups in total. The number of carbonyl (C=O) groups excluding carboxylic acids is 1. The maximum Gasteiger partial charge on any atom is 0.302 e. The summed E-state index contributed by atoms with van der Waals surface area (Å²) in [5.41, 5.74) is -0.225. The van der Waals surface area contributed by atoms with E-state index >= 15 is 0 Å². The SMILES string of the molecule is CC(C)n1ncc(Cl)c1C(=O)C(F)F. The smallest absolute Gasteiger partial charge is 0.286 e. The summed E-state index contributed by atoms with van der Waals surface area (Å²) in [4.78, 5) is 11.1. The van der Waals surface area contributed by atoms with Gasteiger partial charge in [0, 0.05) is 6.04 Å². The molecule has 0 aliphatic rings. The first kappa shape index (κ1) is 11.1. The van der Waals surface area contributed by atoms with Gasteiger partial charge in [0.2, 0.25) is 5.78 Å². The lowest BCUT2D eigenvalue weighted by Gasteiger charge is -2.09. The average Bonchev–Trinajstić information content (AvgIpc) is 2.45. The van der Waals surface area contributed by atoms with E-state index in [9.17, 15) is 13.6 Å². The van der Waals surface area contributed by atoms with Crippen molar-refractivity contribution >= 4 is 17.4 Å². The molecule has 1 heterocycles. The van der Waals surface area contributed by atoms with Gasteiger partial charge in [-0.1, -0.05) is 11.6 Å². The highest BCUT2D eigenvalue weighted by Gasteiger charge is 2.26. The Bertz CT molecular complexity index is 349. The number of rotatable bonds is 3. The zero-order valence-corrected chi connectivity index (χ0v) is 8.42. The van der Waals surface area contributed by atoms with E-state index in [0.717, 1.165) is 0 Å². The monoisotopic (exact) mass is 222 g/mol. The summed E-state index contributed by atoms with van der Waals surface area (Å²) in [6.45, 7) is 3.46. The molecule has 0 aromatic carbocycles. The van der Waals surface area contributed by atoms with E-state index in [-0.39, 0.29) is 16.8 Å². The van der Waals surface area contributed by atoms with Gasteiger partial charge in [0.15, 0.2) is 0 Å². The molecule has 0 aliphatic carbocycles. The maximum atomic E-state index is 12.2. The molecule has 0 saturated carbocycles. The van der Waals surface area contributed by atoms with Crippen LogP contribution in [0.25, 0.3) is 0 Å². The Labute approximate surface area is 84.7 Å². The van der Waals surface area contributed by atoms with Crippen LogP contribution >= 0.6 is 11.6 Å². The number of hydrogen-bond donors (Lipinski definition) is 0. The lowest BCUT2D eigenvalue weighted by atomic mass is 10.2. The zero-order valence-electron chi connectivity index (χ0n) is 7.67. The molecule has 1 aromatic rings. The van der Waals surface area contributed by atoms with E-state index in [1.165, 1.54) is 10.9 Å². The Morgan fingerprint density at radius 1 is 1.57 bits per heavy atom. The van der Waals surface area contributed by atoms with Gasteiger partial charge in [0.25, 0.3) is 0 Å². The molecule has 78 valence electrons. The number of nitrogens with zero attached hydrogens (tertiary/aromatic N) is 2. The number of aromatic nitrogens is 2. The first-order chi connectivity index (χ1) is 6.45. The highest BCUT2D eigenvalue weighted by Crippen LogP contribution is 2.21. The lowest BCUT2D eigenvalue weighted by Crippen LogP contribution is -2.18.